The van der Waals surface area contributed by atoms with Crippen molar-refractivity contribution in [2.75, 3.05) is 27.4 Å². The molecule has 118 valence electrons. The Hall–Kier alpha value is -1.39. The van der Waals surface area contributed by atoms with Gasteiger partial charge in [-0.1, -0.05) is 32.9 Å². The highest BCUT2D eigenvalue weighted by molar-refractivity contribution is 5.94. The summed E-state index contributed by atoms with van der Waals surface area (Å²) >= 11 is 0. The molecule has 1 N–H and O–H groups in total. The predicted octanol–water partition coefficient (Wildman–Crippen LogP) is 2.77. The molecule has 1 aromatic carbocycles. The van der Waals surface area contributed by atoms with Crippen LogP contribution in [0.3, 0.4) is 0 Å². The van der Waals surface area contributed by atoms with Gasteiger partial charge in [-0.15, -0.1) is 0 Å². The monoisotopic (exact) mass is 293 g/mol. The van der Waals surface area contributed by atoms with E-state index in [-0.39, 0.29) is 11.3 Å². The normalized spacial score (nSPS) is 14.6. The van der Waals surface area contributed by atoms with Crippen LogP contribution in [-0.2, 0) is 14.9 Å². The highest BCUT2D eigenvalue weighted by Crippen LogP contribution is 2.22. The molecule has 21 heavy (non-hydrogen) atoms. The topological polar surface area (TPSA) is 47.6 Å². The van der Waals surface area contributed by atoms with Gasteiger partial charge in [-0.3, -0.25) is 4.79 Å². The third-order valence-electron chi connectivity index (χ3n) is 3.58. The van der Waals surface area contributed by atoms with Gasteiger partial charge in [0.15, 0.2) is 0 Å². The molecule has 0 spiro atoms. The molecule has 1 atom stereocenters. The Kier molecular flexibility index (Phi) is 5.93. The van der Waals surface area contributed by atoms with Crippen molar-refractivity contribution in [3.8, 4) is 0 Å². The van der Waals surface area contributed by atoms with Crippen LogP contribution in [0.15, 0.2) is 24.3 Å². The minimum Gasteiger partial charge on any atom is -0.382 e. The summed E-state index contributed by atoms with van der Waals surface area (Å²) in [5.74, 6) is -0.102. The Morgan fingerprint density at radius 2 is 1.67 bits per heavy atom. The Morgan fingerprint density at radius 3 is 2.10 bits per heavy atom. The summed E-state index contributed by atoms with van der Waals surface area (Å²) in [6.45, 7) is 9.17. The van der Waals surface area contributed by atoms with E-state index in [9.17, 15) is 4.79 Å². The van der Waals surface area contributed by atoms with Crippen LogP contribution in [0, 0.1) is 0 Å². The molecule has 0 aliphatic rings. The van der Waals surface area contributed by atoms with Gasteiger partial charge in [0.05, 0.1) is 6.61 Å². The van der Waals surface area contributed by atoms with Crippen molar-refractivity contribution < 1.29 is 14.3 Å². The molecule has 0 saturated heterocycles. The first-order valence-corrected chi connectivity index (χ1v) is 7.15. The van der Waals surface area contributed by atoms with Crippen LogP contribution in [0.2, 0.25) is 0 Å². The summed E-state index contributed by atoms with van der Waals surface area (Å²) in [6, 6.07) is 7.71. The molecule has 0 saturated carbocycles. The van der Waals surface area contributed by atoms with Gasteiger partial charge in [0, 0.05) is 26.3 Å². The van der Waals surface area contributed by atoms with Crippen molar-refractivity contribution in [1.29, 1.82) is 0 Å². The molecule has 1 aromatic rings. The molecule has 0 heterocycles. The average molecular weight is 293 g/mol. The number of carbonyl (C=O) groups excluding carboxylic acids is 1. The Balaban J connectivity index is 2.68. The lowest BCUT2D eigenvalue weighted by atomic mass is 9.86. The maximum Gasteiger partial charge on any atom is 0.251 e. The van der Waals surface area contributed by atoms with Gasteiger partial charge < -0.3 is 14.8 Å². The lowest BCUT2D eigenvalue weighted by Crippen LogP contribution is -2.45. The van der Waals surface area contributed by atoms with Crippen LogP contribution in [0.1, 0.15) is 43.6 Å². The minimum absolute atomic E-state index is 0.0854. The fourth-order valence-electron chi connectivity index (χ4n) is 1.98. The van der Waals surface area contributed by atoms with Crippen LogP contribution in [0.25, 0.3) is 0 Å². The first kappa shape index (κ1) is 17.7. The molecule has 4 heteroatoms. The lowest BCUT2D eigenvalue weighted by molar-refractivity contribution is -0.0479. The number of carbonyl (C=O) groups is 1. The molecule has 0 aliphatic carbocycles. The molecule has 0 bridgehead atoms. The van der Waals surface area contributed by atoms with Crippen molar-refractivity contribution in [3.05, 3.63) is 35.4 Å². The van der Waals surface area contributed by atoms with E-state index >= 15 is 0 Å². The second-order valence-electron chi connectivity index (χ2n) is 6.60. The molecule has 4 nitrogen and oxygen atoms in total. The van der Waals surface area contributed by atoms with E-state index in [0.29, 0.717) is 18.7 Å². The summed E-state index contributed by atoms with van der Waals surface area (Å²) in [5.41, 5.74) is 1.43. The predicted molar refractivity (Wildman–Crippen MR) is 84.8 cm³/mol. The molecule has 1 rings (SSSR count). The summed E-state index contributed by atoms with van der Waals surface area (Å²) in [5, 5.41) is 2.89. The Morgan fingerprint density at radius 1 is 1.10 bits per heavy atom. The van der Waals surface area contributed by atoms with Gasteiger partial charge in [0.25, 0.3) is 5.91 Å². The summed E-state index contributed by atoms with van der Waals surface area (Å²) in [6.07, 6.45) is 0. The summed E-state index contributed by atoms with van der Waals surface area (Å²) < 4.78 is 10.5. The summed E-state index contributed by atoms with van der Waals surface area (Å²) in [7, 11) is 3.23. The van der Waals surface area contributed by atoms with Crippen LogP contribution >= 0.6 is 0 Å². The molecule has 0 aromatic heterocycles. The van der Waals surface area contributed by atoms with Crippen molar-refractivity contribution in [1.82, 2.24) is 5.32 Å². The van der Waals surface area contributed by atoms with E-state index in [1.54, 1.807) is 14.2 Å². The average Bonchev–Trinajstić information content (AvgIpc) is 2.44. The standard InChI is InChI=1S/C17H27NO3/c1-16(2,3)14-9-7-13(8-10-14)15(19)18-11-17(4,21-6)12-20-5/h7-10H,11-12H2,1-6H3,(H,18,19)/t17-/m0/s1. The van der Waals surface area contributed by atoms with Gasteiger partial charge in [-0.2, -0.15) is 0 Å². The van der Waals surface area contributed by atoms with Gasteiger partial charge in [0.1, 0.15) is 5.60 Å². The van der Waals surface area contributed by atoms with Crippen LogP contribution in [-0.4, -0.2) is 38.9 Å². The second-order valence-corrected chi connectivity index (χ2v) is 6.60. The van der Waals surface area contributed by atoms with Crippen LogP contribution in [0.4, 0.5) is 0 Å². The number of methoxy groups -OCH3 is 2. The van der Waals surface area contributed by atoms with E-state index in [1.807, 2.05) is 31.2 Å². The first-order valence-electron chi connectivity index (χ1n) is 7.15. The molecular formula is C17H27NO3. The number of amides is 1. The largest absolute Gasteiger partial charge is 0.382 e. The fraction of sp³-hybridized carbons (Fsp3) is 0.588. The number of nitrogens with one attached hydrogen (secondary N) is 1. The van der Waals surface area contributed by atoms with Crippen molar-refractivity contribution in [2.24, 2.45) is 0 Å². The maximum absolute atomic E-state index is 12.2. The Bertz CT molecular complexity index is 462. The zero-order valence-electron chi connectivity index (χ0n) is 13.9. The number of benzene rings is 1. The Labute approximate surface area is 127 Å². The van der Waals surface area contributed by atoms with Crippen LogP contribution in [0.5, 0.6) is 0 Å². The van der Waals surface area contributed by atoms with E-state index in [2.05, 4.69) is 26.1 Å². The molecule has 0 aliphatic heterocycles. The van der Waals surface area contributed by atoms with E-state index in [1.165, 1.54) is 5.56 Å². The summed E-state index contributed by atoms with van der Waals surface area (Å²) in [4.78, 5) is 12.2. The van der Waals surface area contributed by atoms with Gasteiger partial charge in [-0.05, 0) is 30.0 Å². The van der Waals surface area contributed by atoms with E-state index in [0.717, 1.165) is 0 Å². The second kappa shape index (κ2) is 7.05. The third-order valence-corrected chi connectivity index (χ3v) is 3.58. The third kappa shape index (κ3) is 5.14. The van der Waals surface area contributed by atoms with Crippen molar-refractivity contribution >= 4 is 5.91 Å². The number of rotatable bonds is 6. The molecule has 0 fully saturated rings. The molecular weight excluding hydrogens is 266 g/mol. The molecule has 0 unspecified atom stereocenters. The first-order chi connectivity index (χ1) is 9.72. The number of hydrogen-bond acceptors (Lipinski definition) is 3. The van der Waals surface area contributed by atoms with Crippen molar-refractivity contribution in [2.45, 2.75) is 38.7 Å². The molecule has 1 amide bonds. The quantitative estimate of drug-likeness (QED) is 0.877. The zero-order chi connectivity index (χ0) is 16.1. The van der Waals surface area contributed by atoms with E-state index in [4.69, 9.17) is 9.47 Å². The van der Waals surface area contributed by atoms with Crippen LogP contribution < -0.4 is 5.32 Å². The zero-order valence-corrected chi connectivity index (χ0v) is 13.9. The van der Waals surface area contributed by atoms with E-state index < -0.39 is 5.60 Å². The fourth-order valence-corrected chi connectivity index (χ4v) is 1.98. The van der Waals surface area contributed by atoms with Gasteiger partial charge in [-0.25, -0.2) is 0 Å². The highest BCUT2D eigenvalue weighted by atomic mass is 16.5. The molecule has 0 radical (unpaired) electrons. The minimum atomic E-state index is -0.518. The van der Waals surface area contributed by atoms with Crippen molar-refractivity contribution in [3.63, 3.8) is 0 Å². The number of ether oxygens (including phenoxy) is 2. The smallest absolute Gasteiger partial charge is 0.251 e. The van der Waals surface area contributed by atoms with Gasteiger partial charge >= 0.3 is 0 Å². The maximum atomic E-state index is 12.2. The SMILES string of the molecule is COC[C@](C)(CNC(=O)c1ccc(C(C)(C)C)cc1)OC. The highest BCUT2D eigenvalue weighted by Gasteiger charge is 2.24. The lowest BCUT2D eigenvalue weighted by Gasteiger charge is -2.27. The number of hydrogen-bond donors (Lipinski definition) is 1. The van der Waals surface area contributed by atoms with Gasteiger partial charge in [0.2, 0.25) is 0 Å².